The number of ether oxygens (including phenoxy) is 7. The largest absolute Gasteiger partial charge is 0.461 e. The van der Waals surface area contributed by atoms with Crippen LogP contribution in [-0.4, -0.2) is 107 Å². The lowest BCUT2D eigenvalue weighted by Gasteiger charge is -2.54. The molecule has 0 aromatic carbocycles. The number of amides is 1. The number of Topliss-reactive ketones (excluding diaryl/α,β-unsaturated/α-hetero) is 1. The van der Waals surface area contributed by atoms with Crippen LogP contribution in [-0.2, 0) is 42.7 Å². The van der Waals surface area contributed by atoms with Crippen LogP contribution in [0.3, 0.4) is 0 Å². The molecule has 13 heteroatoms. The molecule has 354 valence electrons. The highest BCUT2D eigenvalue weighted by atomic mass is 16.8. The molecular weight excluding hydrogens is 795 g/mol. The molecule has 5 aliphatic heterocycles. The Hall–Kier alpha value is -2.39. The molecule has 62 heavy (non-hydrogen) atoms. The topological polar surface area (TPSA) is 168 Å². The Balaban J connectivity index is 1.37. The average molecular weight is 876 g/mol. The van der Waals surface area contributed by atoms with E-state index in [0.29, 0.717) is 64.3 Å². The number of hydrogen-bond donors (Lipinski definition) is 3. The van der Waals surface area contributed by atoms with Crippen LogP contribution in [0.4, 0.5) is 4.79 Å². The predicted octanol–water partition coefficient (Wildman–Crippen LogP) is 7.98. The third kappa shape index (κ3) is 10.3. The monoisotopic (exact) mass is 876 g/mol. The Labute approximate surface area is 371 Å². The molecule has 0 bridgehead atoms. The molecule has 5 aliphatic rings. The Bertz CT molecular complexity index is 1570. The van der Waals surface area contributed by atoms with Gasteiger partial charge in [-0.3, -0.25) is 9.59 Å². The molecule has 4 saturated heterocycles. The van der Waals surface area contributed by atoms with Crippen LogP contribution in [0.15, 0.2) is 24.8 Å². The van der Waals surface area contributed by atoms with E-state index in [0.717, 1.165) is 12.8 Å². The summed E-state index contributed by atoms with van der Waals surface area (Å²) in [6.07, 6.45) is 7.46. The number of ketones is 1. The van der Waals surface area contributed by atoms with Crippen LogP contribution in [0, 0.1) is 41.4 Å². The summed E-state index contributed by atoms with van der Waals surface area (Å²) < 4.78 is 46.0. The quantitative estimate of drug-likeness (QED) is 0.0954. The minimum Gasteiger partial charge on any atom is -0.461 e. The zero-order valence-corrected chi connectivity index (χ0v) is 39.7. The molecule has 0 radical (unpaired) electrons. The number of esters is 1. The van der Waals surface area contributed by atoms with Crippen molar-refractivity contribution < 1.29 is 57.8 Å². The van der Waals surface area contributed by atoms with Gasteiger partial charge in [-0.05, 0) is 102 Å². The number of alkyl carbamates (subject to hydrolysis) is 1. The van der Waals surface area contributed by atoms with Gasteiger partial charge in [0.15, 0.2) is 11.9 Å². The standard InChI is InChI=1S/C49H81NO12/c1-13-26-50-45(54)59-39-21-23-48(62-49(39)25-24-46(12,61-49)38-20-22-47(55,17-5)34(11)57-38)31(8)28-30(7)43(60-48)36(16-4)41(52)32(9)40(51)33(10)42-29(6)18-19-37(58-42)35(15-3)44(53)56-27-14-2/h14,21,23,29-40,42-43,51,55H,2,13,15-20,22,24-28H2,1,3-12H3,(H,50,54)/t29?,30-,31+,32-,33-,34-,35+,36-,37+,38+,39+,40+,42+,43-,46-,47+,48-,49-/m0/s1. The van der Waals surface area contributed by atoms with Crippen LogP contribution >= 0.6 is 0 Å². The van der Waals surface area contributed by atoms with Crippen molar-refractivity contribution in [3.8, 4) is 0 Å². The smallest absolute Gasteiger partial charge is 0.407 e. The first-order valence-corrected chi connectivity index (χ1v) is 24.0. The zero-order chi connectivity index (χ0) is 45.8. The van der Waals surface area contributed by atoms with Gasteiger partial charge in [-0.15, -0.1) is 0 Å². The number of aliphatic hydroxyl groups excluding tert-OH is 1. The van der Waals surface area contributed by atoms with E-state index in [2.05, 4.69) is 32.7 Å². The SMILES string of the molecule is C=CCOC(=O)[C@H](CC)[C@H]1CCC(C)[C@H]([C@@H](C)[C@H](O)[C@H](C)C(=O)[C@H](CC)[C@H]2O[C@]3(C=C[C@@H](OC(=O)NCCC)[C@]4(CC[C@@](C)([C@H]5CC[C@](O)(CC)[C@H](C)O5)O4)O3)[C@H](C)C[C@@H]2C)O1. The van der Waals surface area contributed by atoms with Gasteiger partial charge in [-0.2, -0.15) is 0 Å². The van der Waals surface area contributed by atoms with Gasteiger partial charge < -0.3 is 48.7 Å². The maximum atomic E-state index is 14.7. The molecule has 1 amide bonds. The van der Waals surface area contributed by atoms with Crippen LogP contribution < -0.4 is 5.32 Å². The third-order valence-corrected chi connectivity index (χ3v) is 15.5. The first kappa shape index (κ1) is 50.6. The minimum absolute atomic E-state index is 0.0217. The summed E-state index contributed by atoms with van der Waals surface area (Å²) in [6.45, 7) is 26.0. The Morgan fingerprint density at radius 1 is 0.935 bits per heavy atom. The van der Waals surface area contributed by atoms with Crippen molar-refractivity contribution in [3.05, 3.63) is 24.8 Å². The lowest BCUT2D eigenvalue weighted by atomic mass is 9.72. The maximum Gasteiger partial charge on any atom is 0.407 e. The van der Waals surface area contributed by atoms with Gasteiger partial charge in [0.1, 0.15) is 12.4 Å². The van der Waals surface area contributed by atoms with Crippen molar-refractivity contribution in [2.24, 2.45) is 41.4 Å². The fourth-order valence-electron chi connectivity index (χ4n) is 11.2. The van der Waals surface area contributed by atoms with Gasteiger partial charge in [0.2, 0.25) is 5.79 Å². The van der Waals surface area contributed by atoms with Gasteiger partial charge in [-0.25, -0.2) is 4.79 Å². The predicted molar refractivity (Wildman–Crippen MR) is 235 cm³/mol. The zero-order valence-electron chi connectivity index (χ0n) is 39.7. The number of nitrogens with one attached hydrogen (secondary N) is 1. The van der Waals surface area contributed by atoms with E-state index in [-0.39, 0.29) is 54.4 Å². The number of rotatable bonds is 17. The van der Waals surface area contributed by atoms with Crippen molar-refractivity contribution >= 4 is 17.8 Å². The summed E-state index contributed by atoms with van der Waals surface area (Å²) >= 11 is 0. The molecule has 5 heterocycles. The average Bonchev–Trinajstić information content (AvgIpc) is 3.59. The van der Waals surface area contributed by atoms with Crippen LogP contribution in [0.5, 0.6) is 0 Å². The summed E-state index contributed by atoms with van der Waals surface area (Å²) in [7, 11) is 0. The molecule has 18 atom stereocenters. The second-order valence-electron chi connectivity index (χ2n) is 19.8. The fourth-order valence-corrected chi connectivity index (χ4v) is 11.2. The summed E-state index contributed by atoms with van der Waals surface area (Å²) in [5, 5.41) is 26.0. The first-order chi connectivity index (χ1) is 29.3. The van der Waals surface area contributed by atoms with Crippen molar-refractivity contribution in [1.29, 1.82) is 0 Å². The van der Waals surface area contributed by atoms with Crippen LogP contribution in [0.1, 0.15) is 147 Å². The number of carbonyl (C=O) groups excluding carboxylic acids is 3. The lowest BCUT2D eigenvalue weighted by Crippen LogP contribution is -2.63. The van der Waals surface area contributed by atoms with E-state index in [9.17, 15) is 24.6 Å². The van der Waals surface area contributed by atoms with Gasteiger partial charge in [0.05, 0.1) is 53.7 Å². The summed E-state index contributed by atoms with van der Waals surface area (Å²) in [5.74, 6) is -5.29. The normalized spacial score (nSPS) is 40.9. The number of carbonyl (C=O) groups is 3. The van der Waals surface area contributed by atoms with Crippen LogP contribution in [0.2, 0.25) is 0 Å². The molecule has 4 fully saturated rings. The van der Waals surface area contributed by atoms with E-state index in [1.54, 1.807) is 13.0 Å². The minimum atomic E-state index is -1.42. The Kier molecular flexibility index (Phi) is 17.0. The highest BCUT2D eigenvalue weighted by Crippen LogP contribution is 2.54. The second-order valence-corrected chi connectivity index (χ2v) is 19.8. The third-order valence-electron chi connectivity index (χ3n) is 15.5. The van der Waals surface area contributed by atoms with E-state index in [1.165, 1.54) is 0 Å². The van der Waals surface area contributed by atoms with E-state index < -0.39 is 77.0 Å². The maximum absolute atomic E-state index is 14.7. The van der Waals surface area contributed by atoms with E-state index in [4.69, 9.17) is 33.2 Å². The molecule has 5 rings (SSSR count). The molecule has 0 aliphatic carbocycles. The van der Waals surface area contributed by atoms with Crippen molar-refractivity contribution in [2.75, 3.05) is 13.2 Å². The molecule has 1 unspecified atom stereocenters. The summed E-state index contributed by atoms with van der Waals surface area (Å²) in [6, 6.07) is 0. The molecule has 0 saturated carbocycles. The van der Waals surface area contributed by atoms with Gasteiger partial charge in [0, 0.05) is 36.6 Å². The van der Waals surface area contributed by atoms with Crippen molar-refractivity contribution in [3.63, 3.8) is 0 Å². The van der Waals surface area contributed by atoms with E-state index >= 15 is 0 Å². The van der Waals surface area contributed by atoms with E-state index in [1.807, 2.05) is 60.6 Å². The molecule has 0 aromatic rings. The number of aliphatic hydroxyl groups is 2. The summed E-state index contributed by atoms with van der Waals surface area (Å²) in [4.78, 5) is 40.8. The van der Waals surface area contributed by atoms with Crippen molar-refractivity contribution in [1.82, 2.24) is 5.32 Å². The Morgan fingerprint density at radius 2 is 1.65 bits per heavy atom. The highest BCUT2D eigenvalue weighted by molar-refractivity contribution is 5.84. The highest BCUT2D eigenvalue weighted by Gasteiger charge is 2.64. The number of hydrogen-bond acceptors (Lipinski definition) is 12. The van der Waals surface area contributed by atoms with Gasteiger partial charge >= 0.3 is 12.1 Å². The Morgan fingerprint density at radius 3 is 2.27 bits per heavy atom. The molecule has 2 spiro atoms. The molecule has 3 N–H and O–H groups in total. The summed E-state index contributed by atoms with van der Waals surface area (Å²) in [5.41, 5.74) is -1.74. The second kappa shape index (κ2) is 20.8. The van der Waals surface area contributed by atoms with Gasteiger partial charge in [-0.1, -0.05) is 75.0 Å². The molecule has 13 nitrogen and oxygen atoms in total. The molecular formula is C49H81NO12. The van der Waals surface area contributed by atoms with Crippen molar-refractivity contribution in [2.45, 2.75) is 212 Å². The van der Waals surface area contributed by atoms with Crippen LogP contribution in [0.25, 0.3) is 0 Å². The first-order valence-electron chi connectivity index (χ1n) is 24.0. The fraction of sp³-hybridized carbons (Fsp3) is 0.857. The van der Waals surface area contributed by atoms with Gasteiger partial charge in [0.25, 0.3) is 0 Å². The lowest BCUT2D eigenvalue weighted by molar-refractivity contribution is -0.408. The molecule has 0 aromatic heterocycles.